The molecule has 0 saturated carbocycles. The molecular weight excluding hydrogens is 270 g/mol. The predicted molar refractivity (Wildman–Crippen MR) is 74.8 cm³/mol. The third-order valence-corrected chi connectivity index (χ3v) is 3.08. The number of hydrogen-bond donors (Lipinski definition) is 0. The smallest absolute Gasteiger partial charge is 0.151 e. The Morgan fingerprint density at radius 2 is 2.17 bits per heavy atom. The molecule has 1 aromatic carbocycles. The first-order valence-electron chi connectivity index (χ1n) is 5.42. The standard InChI is InChI=1S/C13H12ClNO2S/c14-11-3-1-4-12(9-11)16-6-7-17-15-10-13-5-2-8-18-13/h1-5,8-10H,6-7H2. The van der Waals surface area contributed by atoms with Gasteiger partial charge in [-0.3, -0.25) is 0 Å². The summed E-state index contributed by atoms with van der Waals surface area (Å²) in [4.78, 5) is 6.14. The van der Waals surface area contributed by atoms with Crippen molar-refractivity contribution in [2.75, 3.05) is 13.2 Å². The minimum atomic E-state index is 0.397. The Bertz CT molecular complexity index is 499. The number of oxime groups is 1. The summed E-state index contributed by atoms with van der Waals surface area (Å²) in [5, 5.41) is 6.49. The van der Waals surface area contributed by atoms with Crippen LogP contribution in [0.4, 0.5) is 0 Å². The zero-order chi connectivity index (χ0) is 12.6. The van der Waals surface area contributed by atoms with Crippen LogP contribution < -0.4 is 4.74 Å². The highest BCUT2D eigenvalue weighted by molar-refractivity contribution is 7.11. The lowest BCUT2D eigenvalue weighted by Crippen LogP contribution is -2.04. The minimum absolute atomic E-state index is 0.397. The Balaban J connectivity index is 1.64. The van der Waals surface area contributed by atoms with E-state index >= 15 is 0 Å². The highest BCUT2D eigenvalue weighted by Crippen LogP contribution is 2.16. The zero-order valence-electron chi connectivity index (χ0n) is 9.58. The van der Waals surface area contributed by atoms with Crippen LogP contribution in [0.15, 0.2) is 46.9 Å². The summed E-state index contributed by atoms with van der Waals surface area (Å²) in [5.41, 5.74) is 0. The molecule has 1 heterocycles. The van der Waals surface area contributed by atoms with Gasteiger partial charge in [-0.05, 0) is 29.6 Å². The molecule has 0 radical (unpaired) electrons. The van der Waals surface area contributed by atoms with Crippen LogP contribution in [-0.2, 0) is 4.84 Å². The Morgan fingerprint density at radius 1 is 1.22 bits per heavy atom. The second-order valence-corrected chi connectivity index (χ2v) is 4.80. The summed E-state index contributed by atoms with van der Waals surface area (Å²) in [6.45, 7) is 0.830. The first-order valence-corrected chi connectivity index (χ1v) is 6.67. The Kier molecular flexibility index (Phi) is 5.05. The lowest BCUT2D eigenvalue weighted by Gasteiger charge is -2.04. The summed E-state index contributed by atoms with van der Waals surface area (Å²) in [6.07, 6.45) is 1.68. The summed E-state index contributed by atoms with van der Waals surface area (Å²) >= 11 is 7.44. The van der Waals surface area contributed by atoms with Crippen molar-refractivity contribution in [2.45, 2.75) is 0 Å². The number of hydrogen-bond acceptors (Lipinski definition) is 4. The van der Waals surface area contributed by atoms with Gasteiger partial charge in [-0.2, -0.15) is 0 Å². The van der Waals surface area contributed by atoms with Gasteiger partial charge in [0, 0.05) is 9.90 Å². The average molecular weight is 282 g/mol. The fourth-order valence-corrected chi connectivity index (χ4v) is 2.02. The van der Waals surface area contributed by atoms with Crippen molar-refractivity contribution in [2.24, 2.45) is 5.16 Å². The largest absolute Gasteiger partial charge is 0.490 e. The van der Waals surface area contributed by atoms with Gasteiger partial charge in [0.1, 0.15) is 12.4 Å². The molecule has 2 rings (SSSR count). The third kappa shape index (κ3) is 4.39. The molecule has 0 bridgehead atoms. The number of thiophene rings is 1. The van der Waals surface area contributed by atoms with E-state index in [1.807, 2.05) is 29.6 Å². The van der Waals surface area contributed by atoms with Gasteiger partial charge < -0.3 is 9.57 Å². The first kappa shape index (κ1) is 12.9. The molecule has 1 aromatic heterocycles. The monoisotopic (exact) mass is 281 g/mol. The number of rotatable bonds is 6. The highest BCUT2D eigenvalue weighted by Gasteiger charge is 1.94. The van der Waals surface area contributed by atoms with E-state index in [1.165, 1.54) is 0 Å². The molecule has 5 heteroatoms. The Hall–Kier alpha value is -1.52. The van der Waals surface area contributed by atoms with Crippen LogP contribution in [0.5, 0.6) is 5.75 Å². The fraction of sp³-hybridized carbons (Fsp3) is 0.154. The highest BCUT2D eigenvalue weighted by atomic mass is 35.5. The molecule has 18 heavy (non-hydrogen) atoms. The van der Waals surface area contributed by atoms with E-state index in [9.17, 15) is 0 Å². The van der Waals surface area contributed by atoms with Gasteiger partial charge >= 0.3 is 0 Å². The molecule has 0 fully saturated rings. The van der Waals surface area contributed by atoms with Crippen LogP contribution in [0.25, 0.3) is 0 Å². The van der Waals surface area contributed by atoms with Crippen molar-refractivity contribution in [3.8, 4) is 5.75 Å². The van der Waals surface area contributed by atoms with Crippen molar-refractivity contribution in [3.63, 3.8) is 0 Å². The van der Waals surface area contributed by atoms with Crippen LogP contribution in [0, 0.1) is 0 Å². The van der Waals surface area contributed by atoms with E-state index in [-0.39, 0.29) is 0 Å². The lowest BCUT2D eigenvalue weighted by atomic mass is 10.3. The second kappa shape index (κ2) is 7.03. The molecule has 3 nitrogen and oxygen atoms in total. The van der Waals surface area contributed by atoms with Crippen molar-refractivity contribution < 1.29 is 9.57 Å². The number of ether oxygens (including phenoxy) is 1. The summed E-state index contributed by atoms with van der Waals surface area (Å²) < 4.78 is 5.44. The second-order valence-electron chi connectivity index (χ2n) is 3.39. The van der Waals surface area contributed by atoms with Crippen LogP contribution in [0.2, 0.25) is 5.02 Å². The van der Waals surface area contributed by atoms with E-state index in [2.05, 4.69) is 5.16 Å². The van der Waals surface area contributed by atoms with E-state index < -0.39 is 0 Å². The Morgan fingerprint density at radius 3 is 2.94 bits per heavy atom. The molecule has 0 N–H and O–H groups in total. The van der Waals surface area contributed by atoms with Crippen molar-refractivity contribution >= 4 is 29.2 Å². The summed E-state index contributed by atoms with van der Waals surface area (Å²) in [5.74, 6) is 0.730. The third-order valence-electron chi connectivity index (χ3n) is 2.04. The molecule has 0 aliphatic heterocycles. The van der Waals surface area contributed by atoms with Gasteiger partial charge in [0.15, 0.2) is 6.61 Å². The normalized spacial score (nSPS) is 10.7. The van der Waals surface area contributed by atoms with Crippen LogP contribution in [0.3, 0.4) is 0 Å². The molecule has 0 atom stereocenters. The molecule has 0 unspecified atom stereocenters. The molecule has 0 aliphatic carbocycles. The van der Waals surface area contributed by atoms with Gasteiger partial charge in [0.2, 0.25) is 0 Å². The average Bonchev–Trinajstić information content (AvgIpc) is 2.87. The van der Waals surface area contributed by atoms with Crippen molar-refractivity contribution in [3.05, 3.63) is 51.7 Å². The maximum Gasteiger partial charge on any atom is 0.151 e. The van der Waals surface area contributed by atoms with E-state index in [1.54, 1.807) is 29.7 Å². The van der Waals surface area contributed by atoms with Gasteiger partial charge in [-0.15, -0.1) is 11.3 Å². The van der Waals surface area contributed by atoms with Gasteiger partial charge in [-0.25, -0.2) is 0 Å². The SMILES string of the molecule is Clc1cccc(OCCON=Cc2cccs2)c1. The molecule has 0 saturated heterocycles. The Labute approximate surface area is 115 Å². The fourth-order valence-electron chi connectivity index (χ4n) is 1.26. The van der Waals surface area contributed by atoms with Gasteiger partial charge in [0.25, 0.3) is 0 Å². The van der Waals surface area contributed by atoms with E-state index in [0.717, 1.165) is 10.6 Å². The predicted octanol–water partition coefficient (Wildman–Crippen LogP) is 3.83. The quantitative estimate of drug-likeness (QED) is 0.458. The minimum Gasteiger partial charge on any atom is -0.490 e. The zero-order valence-corrected chi connectivity index (χ0v) is 11.2. The number of benzene rings is 1. The molecule has 0 aliphatic rings. The number of nitrogens with zero attached hydrogens (tertiary/aromatic N) is 1. The molecule has 0 amide bonds. The maximum absolute atomic E-state index is 5.83. The molecular formula is C13H12ClNO2S. The first-order chi connectivity index (χ1) is 8.84. The summed E-state index contributed by atoms with van der Waals surface area (Å²) in [6, 6.07) is 11.2. The molecule has 94 valence electrons. The lowest BCUT2D eigenvalue weighted by molar-refractivity contribution is 0.108. The number of halogens is 1. The van der Waals surface area contributed by atoms with Gasteiger partial charge in [0.05, 0.1) is 6.21 Å². The van der Waals surface area contributed by atoms with Gasteiger partial charge in [-0.1, -0.05) is 28.9 Å². The molecule has 2 aromatic rings. The van der Waals surface area contributed by atoms with E-state index in [4.69, 9.17) is 21.2 Å². The molecule has 0 spiro atoms. The summed E-state index contributed by atoms with van der Waals surface area (Å²) in [7, 11) is 0. The topological polar surface area (TPSA) is 30.8 Å². The van der Waals surface area contributed by atoms with Crippen LogP contribution in [-0.4, -0.2) is 19.4 Å². The van der Waals surface area contributed by atoms with Crippen LogP contribution in [0.1, 0.15) is 4.88 Å². The van der Waals surface area contributed by atoms with Crippen molar-refractivity contribution in [1.82, 2.24) is 0 Å². The van der Waals surface area contributed by atoms with Crippen molar-refractivity contribution in [1.29, 1.82) is 0 Å². The maximum atomic E-state index is 5.83. The van der Waals surface area contributed by atoms with Crippen LogP contribution >= 0.6 is 22.9 Å². The van der Waals surface area contributed by atoms with E-state index in [0.29, 0.717) is 18.2 Å².